The van der Waals surface area contributed by atoms with Crippen LogP contribution in [0.3, 0.4) is 0 Å². The number of nitrogens with one attached hydrogen (secondary N) is 2. The van der Waals surface area contributed by atoms with Crippen LogP contribution in [0, 0.1) is 11.3 Å². The Morgan fingerprint density at radius 1 is 1.46 bits per heavy atom. The molecule has 0 bridgehead atoms. The van der Waals surface area contributed by atoms with Crippen molar-refractivity contribution in [1.29, 1.82) is 5.26 Å². The van der Waals surface area contributed by atoms with Crippen LogP contribution in [0.25, 0.3) is 10.9 Å². The van der Waals surface area contributed by atoms with Crippen molar-refractivity contribution in [3.63, 3.8) is 0 Å². The van der Waals surface area contributed by atoms with E-state index in [-0.39, 0.29) is 24.9 Å². The van der Waals surface area contributed by atoms with E-state index in [1.165, 1.54) is 0 Å². The van der Waals surface area contributed by atoms with Crippen molar-refractivity contribution in [2.24, 2.45) is 0 Å². The summed E-state index contributed by atoms with van der Waals surface area (Å²) in [6.07, 6.45) is 0.603. The summed E-state index contributed by atoms with van der Waals surface area (Å²) in [5.74, 6) is 0.162. The van der Waals surface area contributed by atoms with Crippen LogP contribution in [-0.2, 0) is 11.2 Å². The number of hydrogen-bond donors (Lipinski definition) is 3. The fourth-order valence-corrected chi connectivity index (χ4v) is 3.85. The molecule has 0 saturated carbocycles. The van der Waals surface area contributed by atoms with Crippen LogP contribution < -0.4 is 10.1 Å². The number of H-pyrrole nitrogens is 1. The SMILES string of the molecule is CC(C)(O)C[C@H]1CNC(=O)Cc2c1[nH]c1c(Cl)c(Cl)cc(OCC#N)c21. The fourth-order valence-electron chi connectivity index (χ4n) is 3.46. The number of aromatic amines is 1. The number of aliphatic hydroxyl groups is 1. The first kappa shape index (κ1) is 18.8. The van der Waals surface area contributed by atoms with E-state index in [4.69, 9.17) is 33.2 Å². The molecule has 0 fully saturated rings. The predicted octanol–water partition coefficient (Wildman–Crippen LogP) is 3.29. The van der Waals surface area contributed by atoms with Gasteiger partial charge in [0.15, 0.2) is 6.61 Å². The van der Waals surface area contributed by atoms with Gasteiger partial charge in [-0.1, -0.05) is 23.2 Å². The molecule has 26 heavy (non-hydrogen) atoms. The van der Waals surface area contributed by atoms with Gasteiger partial charge in [0.05, 0.1) is 27.6 Å². The molecule has 8 heteroatoms. The largest absolute Gasteiger partial charge is 0.478 e. The van der Waals surface area contributed by atoms with E-state index in [0.717, 1.165) is 11.3 Å². The number of nitrogens with zero attached hydrogens (tertiary/aromatic N) is 1. The number of benzene rings is 1. The van der Waals surface area contributed by atoms with Crippen molar-refractivity contribution < 1.29 is 14.6 Å². The Hall–Kier alpha value is -1.94. The predicted molar refractivity (Wildman–Crippen MR) is 99.8 cm³/mol. The topological polar surface area (TPSA) is 98.1 Å². The van der Waals surface area contributed by atoms with Crippen LogP contribution in [0.5, 0.6) is 5.75 Å². The first-order valence-electron chi connectivity index (χ1n) is 8.22. The third-order valence-corrected chi connectivity index (χ3v) is 5.19. The summed E-state index contributed by atoms with van der Waals surface area (Å²) < 4.78 is 5.54. The normalized spacial score (nSPS) is 17.4. The summed E-state index contributed by atoms with van der Waals surface area (Å²) in [6.45, 7) is 3.72. The van der Waals surface area contributed by atoms with E-state index in [1.54, 1.807) is 19.9 Å². The quantitative estimate of drug-likeness (QED) is 0.739. The molecule has 2 aromatic rings. The molecular weight excluding hydrogens is 377 g/mol. The van der Waals surface area contributed by atoms with E-state index in [9.17, 15) is 9.90 Å². The monoisotopic (exact) mass is 395 g/mol. The Labute approximate surface area is 161 Å². The number of carbonyl (C=O) groups is 1. The molecule has 3 rings (SSSR count). The maximum absolute atomic E-state index is 12.2. The second-order valence-corrected chi connectivity index (χ2v) is 7.86. The van der Waals surface area contributed by atoms with E-state index >= 15 is 0 Å². The van der Waals surface area contributed by atoms with Crippen molar-refractivity contribution in [2.45, 2.75) is 38.2 Å². The van der Waals surface area contributed by atoms with Gasteiger partial charge in [-0.3, -0.25) is 4.79 Å². The molecule has 0 aliphatic carbocycles. The second kappa shape index (κ2) is 6.99. The number of halogens is 2. The molecule has 1 aromatic heterocycles. The summed E-state index contributed by atoms with van der Waals surface area (Å²) in [5.41, 5.74) is 1.25. The van der Waals surface area contributed by atoms with Crippen LogP contribution in [0.15, 0.2) is 6.07 Å². The molecule has 0 unspecified atom stereocenters. The number of carbonyl (C=O) groups excluding carboxylic acids is 1. The highest BCUT2D eigenvalue weighted by atomic mass is 35.5. The molecule has 0 saturated heterocycles. The number of nitriles is 1. The van der Waals surface area contributed by atoms with E-state index in [1.807, 2.05) is 6.07 Å². The van der Waals surface area contributed by atoms with Gasteiger partial charge in [0.1, 0.15) is 11.8 Å². The summed E-state index contributed by atoms with van der Waals surface area (Å²) in [4.78, 5) is 15.5. The average Bonchev–Trinajstić information content (AvgIpc) is 2.85. The van der Waals surface area contributed by atoms with Gasteiger partial charge in [-0.05, 0) is 25.8 Å². The third kappa shape index (κ3) is 3.61. The van der Waals surface area contributed by atoms with Crippen LogP contribution in [-0.4, -0.2) is 34.8 Å². The van der Waals surface area contributed by atoms with E-state index in [2.05, 4.69) is 10.3 Å². The fraction of sp³-hybridized carbons (Fsp3) is 0.444. The standard InChI is InChI=1S/C18H19Cl2N3O3/c1-18(2,25)7-9-8-22-13(24)5-10-14-12(26-4-3-21)6-11(19)15(20)17(14)23-16(9)10/h6,9,23,25H,4-5,7-8H2,1-2H3,(H,22,24)/t9-/m0/s1. The van der Waals surface area contributed by atoms with Gasteiger partial charge in [0.2, 0.25) is 5.91 Å². The molecule has 3 N–H and O–H groups in total. The molecule has 6 nitrogen and oxygen atoms in total. The van der Waals surface area contributed by atoms with Crippen LogP contribution >= 0.6 is 23.2 Å². The molecular formula is C18H19Cl2N3O3. The van der Waals surface area contributed by atoms with Gasteiger partial charge in [0.25, 0.3) is 0 Å². The van der Waals surface area contributed by atoms with Gasteiger partial charge < -0.3 is 20.1 Å². The smallest absolute Gasteiger partial charge is 0.224 e. The minimum atomic E-state index is -0.907. The Bertz CT molecular complexity index is 909. The van der Waals surface area contributed by atoms with Crippen molar-refractivity contribution in [2.75, 3.05) is 13.2 Å². The molecule has 1 amide bonds. The van der Waals surface area contributed by atoms with Gasteiger partial charge >= 0.3 is 0 Å². The number of rotatable bonds is 4. The van der Waals surface area contributed by atoms with Crippen LogP contribution in [0.4, 0.5) is 0 Å². The summed E-state index contributed by atoms with van der Waals surface area (Å²) in [6, 6.07) is 3.49. The molecule has 1 aliphatic rings. The van der Waals surface area contributed by atoms with E-state index in [0.29, 0.717) is 39.7 Å². The first-order chi connectivity index (χ1) is 12.2. The molecule has 1 atom stereocenters. The van der Waals surface area contributed by atoms with Crippen molar-refractivity contribution in [3.05, 3.63) is 27.4 Å². The Morgan fingerprint density at radius 2 is 2.19 bits per heavy atom. The Morgan fingerprint density at radius 3 is 2.85 bits per heavy atom. The zero-order valence-corrected chi connectivity index (χ0v) is 16.0. The number of fused-ring (bicyclic) bond motifs is 3. The molecule has 0 radical (unpaired) electrons. The van der Waals surface area contributed by atoms with Gasteiger partial charge in [-0.15, -0.1) is 0 Å². The lowest BCUT2D eigenvalue weighted by Crippen LogP contribution is -2.30. The minimum Gasteiger partial charge on any atom is -0.478 e. The van der Waals surface area contributed by atoms with Crippen molar-refractivity contribution >= 4 is 40.0 Å². The van der Waals surface area contributed by atoms with Gasteiger partial charge in [0, 0.05) is 29.6 Å². The Kier molecular flexibility index (Phi) is 5.07. The number of aromatic nitrogens is 1. The molecule has 1 aliphatic heterocycles. The average molecular weight is 396 g/mol. The number of amides is 1. The molecule has 138 valence electrons. The Balaban J connectivity index is 2.24. The summed E-state index contributed by atoms with van der Waals surface area (Å²) in [5, 5.41) is 23.3. The first-order valence-corrected chi connectivity index (χ1v) is 8.98. The number of ether oxygens (including phenoxy) is 1. The maximum Gasteiger partial charge on any atom is 0.224 e. The lowest BCUT2D eigenvalue weighted by atomic mass is 9.89. The molecule has 1 aromatic carbocycles. The minimum absolute atomic E-state index is 0.122. The molecule has 2 heterocycles. The second-order valence-electron chi connectivity index (χ2n) is 7.08. The highest BCUT2D eigenvalue weighted by Gasteiger charge is 2.31. The van der Waals surface area contributed by atoms with Crippen LogP contribution in [0.2, 0.25) is 10.0 Å². The van der Waals surface area contributed by atoms with E-state index < -0.39 is 5.60 Å². The number of hydrogen-bond acceptors (Lipinski definition) is 4. The summed E-state index contributed by atoms with van der Waals surface area (Å²) in [7, 11) is 0. The van der Waals surface area contributed by atoms with Crippen molar-refractivity contribution in [1.82, 2.24) is 10.3 Å². The zero-order valence-electron chi connectivity index (χ0n) is 14.4. The highest BCUT2D eigenvalue weighted by molar-refractivity contribution is 6.45. The maximum atomic E-state index is 12.2. The van der Waals surface area contributed by atoms with Gasteiger partial charge in [-0.2, -0.15) is 5.26 Å². The molecule has 0 spiro atoms. The zero-order chi connectivity index (χ0) is 19.1. The van der Waals surface area contributed by atoms with Crippen LogP contribution in [0.1, 0.15) is 37.4 Å². The third-order valence-electron chi connectivity index (χ3n) is 4.40. The van der Waals surface area contributed by atoms with Crippen molar-refractivity contribution in [3.8, 4) is 11.8 Å². The lowest BCUT2D eigenvalue weighted by Gasteiger charge is -2.24. The lowest BCUT2D eigenvalue weighted by molar-refractivity contribution is -0.120. The highest BCUT2D eigenvalue weighted by Crippen LogP contribution is 2.43. The van der Waals surface area contributed by atoms with Gasteiger partial charge in [-0.25, -0.2) is 0 Å². The summed E-state index contributed by atoms with van der Waals surface area (Å²) >= 11 is 12.6.